The van der Waals surface area contributed by atoms with Gasteiger partial charge in [-0.25, -0.2) is 28.5 Å². The Morgan fingerprint density at radius 3 is 2.96 bits per heavy atom. The molecule has 1 amide bonds. The fraction of sp³-hybridized carbons (Fsp3) is 0.412. The normalized spacial score (nSPS) is 22.9. The highest BCUT2D eigenvalue weighted by molar-refractivity contribution is 7.17. The molecule has 1 saturated heterocycles. The highest BCUT2D eigenvalue weighted by Crippen LogP contribution is 2.40. The molecule has 2 aliphatic rings. The van der Waals surface area contributed by atoms with E-state index in [1.54, 1.807) is 0 Å². The van der Waals surface area contributed by atoms with Crippen molar-refractivity contribution < 1.29 is 18.3 Å². The van der Waals surface area contributed by atoms with Gasteiger partial charge in [-0.3, -0.25) is 5.32 Å². The zero-order chi connectivity index (χ0) is 19.8. The van der Waals surface area contributed by atoms with Gasteiger partial charge in [-0.05, 0) is 6.92 Å². The van der Waals surface area contributed by atoms with E-state index >= 15 is 0 Å². The summed E-state index contributed by atoms with van der Waals surface area (Å²) in [6.45, 7) is 4.16. The van der Waals surface area contributed by atoms with Gasteiger partial charge in [-0.2, -0.15) is 0 Å². The highest BCUT2D eigenvalue weighted by atomic mass is 31.0. The number of alkyl halides is 1. The van der Waals surface area contributed by atoms with Crippen molar-refractivity contribution in [3.8, 4) is 11.4 Å². The van der Waals surface area contributed by atoms with Crippen LogP contribution in [0.15, 0.2) is 18.5 Å². The first kappa shape index (κ1) is 18.9. The number of anilines is 2. The summed E-state index contributed by atoms with van der Waals surface area (Å²) >= 11 is 0. The van der Waals surface area contributed by atoms with Crippen molar-refractivity contribution in [1.29, 1.82) is 0 Å². The van der Waals surface area contributed by atoms with Gasteiger partial charge in [-0.1, -0.05) is 9.24 Å². The van der Waals surface area contributed by atoms with Crippen LogP contribution < -0.4 is 15.5 Å². The molecule has 2 aliphatic heterocycles. The molecule has 0 radical (unpaired) electrons. The van der Waals surface area contributed by atoms with Crippen molar-refractivity contribution >= 4 is 27.0 Å². The monoisotopic (exact) mass is 408 g/mol. The van der Waals surface area contributed by atoms with Crippen molar-refractivity contribution in [3.05, 3.63) is 29.8 Å². The van der Waals surface area contributed by atoms with Gasteiger partial charge in [0.2, 0.25) is 0 Å². The number of amides is 1. The first-order valence-electron chi connectivity index (χ1n) is 8.81. The van der Waals surface area contributed by atoms with Gasteiger partial charge in [-0.15, -0.1) is 0 Å². The Bertz CT molecular complexity index is 915. The number of cyclic esters (lactones) is 1. The van der Waals surface area contributed by atoms with Crippen molar-refractivity contribution in [2.75, 3.05) is 29.9 Å². The van der Waals surface area contributed by atoms with Crippen LogP contribution in [0.1, 0.15) is 18.6 Å². The summed E-state index contributed by atoms with van der Waals surface area (Å²) < 4.78 is 33.6. The molecule has 148 valence electrons. The van der Waals surface area contributed by atoms with Crippen LogP contribution in [0, 0.1) is 5.82 Å². The quantitative estimate of drug-likeness (QED) is 0.753. The summed E-state index contributed by atoms with van der Waals surface area (Å²) in [7, 11) is 1.95. The van der Waals surface area contributed by atoms with E-state index in [1.165, 1.54) is 18.5 Å². The molecule has 0 spiro atoms. The van der Waals surface area contributed by atoms with Crippen LogP contribution in [-0.2, 0) is 4.74 Å². The number of piperazine rings is 1. The van der Waals surface area contributed by atoms with E-state index in [1.807, 2.05) is 21.1 Å². The van der Waals surface area contributed by atoms with Crippen molar-refractivity contribution in [2.45, 2.75) is 25.0 Å². The Morgan fingerprint density at radius 2 is 2.21 bits per heavy atom. The van der Waals surface area contributed by atoms with Crippen LogP contribution >= 0.6 is 9.24 Å². The summed E-state index contributed by atoms with van der Waals surface area (Å²) in [5, 5.41) is 5.75. The van der Waals surface area contributed by atoms with Crippen LogP contribution in [0.5, 0.6) is 0 Å². The Kier molecular flexibility index (Phi) is 5.07. The molecule has 4 atom stereocenters. The number of halogens is 2. The van der Waals surface area contributed by atoms with Crippen molar-refractivity contribution in [1.82, 2.24) is 20.3 Å². The molecule has 11 heteroatoms. The molecule has 4 rings (SSSR count). The second-order valence-corrected chi connectivity index (χ2v) is 7.35. The first-order valence-corrected chi connectivity index (χ1v) is 9.47. The molecule has 0 saturated carbocycles. The fourth-order valence-corrected chi connectivity index (χ4v) is 3.67. The Balaban J connectivity index is 1.80. The zero-order valence-corrected chi connectivity index (χ0v) is 16.2. The Labute approximate surface area is 162 Å². The predicted octanol–water partition coefficient (Wildman–Crippen LogP) is 2.25. The third-order valence-corrected chi connectivity index (χ3v) is 4.97. The number of carbonyl (C=O) groups is 1. The van der Waals surface area contributed by atoms with E-state index in [0.717, 1.165) is 6.54 Å². The SMILES string of the molecule is C[C@H]1CN(c2cc(F)cc(-c3ncnc4c3C(C(F)P)OC(=O)N4)n2)CCN1. The molecule has 2 N–H and O–H groups in total. The molecule has 2 aromatic rings. The summed E-state index contributed by atoms with van der Waals surface area (Å²) in [5.41, 5.74) is 0.654. The number of hydrogen-bond acceptors (Lipinski definition) is 7. The highest BCUT2D eigenvalue weighted by Gasteiger charge is 2.36. The van der Waals surface area contributed by atoms with Crippen LogP contribution in [0.2, 0.25) is 0 Å². The van der Waals surface area contributed by atoms with Gasteiger partial charge in [0.05, 0.1) is 11.3 Å². The van der Waals surface area contributed by atoms with Gasteiger partial charge in [0.15, 0.2) is 12.0 Å². The number of fused-ring (bicyclic) bond motifs is 1. The van der Waals surface area contributed by atoms with Crippen LogP contribution in [0.3, 0.4) is 0 Å². The smallest absolute Gasteiger partial charge is 0.413 e. The minimum absolute atomic E-state index is 0.125. The zero-order valence-electron chi connectivity index (χ0n) is 15.0. The predicted molar refractivity (Wildman–Crippen MR) is 102 cm³/mol. The summed E-state index contributed by atoms with van der Waals surface area (Å²) in [6.07, 6.45) is -0.834. The molecule has 0 aromatic carbocycles. The maximum atomic E-state index is 14.4. The van der Waals surface area contributed by atoms with Gasteiger partial charge in [0.25, 0.3) is 0 Å². The number of carbonyl (C=O) groups excluding carboxylic acids is 1. The topological polar surface area (TPSA) is 92.3 Å². The third kappa shape index (κ3) is 3.62. The molecule has 4 heterocycles. The van der Waals surface area contributed by atoms with Gasteiger partial charge in [0.1, 0.15) is 29.5 Å². The molecule has 0 bridgehead atoms. The lowest BCUT2D eigenvalue weighted by Gasteiger charge is -2.33. The lowest BCUT2D eigenvalue weighted by atomic mass is 10.0. The maximum Gasteiger partial charge on any atom is 0.413 e. The summed E-state index contributed by atoms with van der Waals surface area (Å²) in [6, 6.07) is 2.83. The van der Waals surface area contributed by atoms with E-state index in [0.29, 0.717) is 18.9 Å². The van der Waals surface area contributed by atoms with E-state index in [-0.39, 0.29) is 28.8 Å². The molecule has 0 aliphatic carbocycles. The van der Waals surface area contributed by atoms with Gasteiger partial charge < -0.3 is 15.0 Å². The molecule has 2 aromatic heterocycles. The largest absolute Gasteiger partial charge is 0.437 e. The van der Waals surface area contributed by atoms with E-state index in [2.05, 4.69) is 25.6 Å². The maximum absolute atomic E-state index is 14.4. The Hall–Kier alpha value is -2.45. The van der Waals surface area contributed by atoms with E-state index < -0.39 is 23.9 Å². The number of ether oxygens (including phenoxy) is 1. The minimum Gasteiger partial charge on any atom is -0.437 e. The van der Waals surface area contributed by atoms with Crippen molar-refractivity contribution in [3.63, 3.8) is 0 Å². The number of hydrogen-bond donors (Lipinski definition) is 2. The molecular formula is C17H19F2N6O2P. The number of aromatic nitrogens is 3. The Morgan fingerprint density at radius 1 is 1.39 bits per heavy atom. The molecule has 3 unspecified atom stereocenters. The van der Waals surface area contributed by atoms with E-state index in [9.17, 15) is 13.6 Å². The number of rotatable bonds is 3. The van der Waals surface area contributed by atoms with Gasteiger partial charge >= 0.3 is 6.09 Å². The van der Waals surface area contributed by atoms with Gasteiger partial charge in [0, 0.05) is 37.8 Å². The molecular weight excluding hydrogens is 389 g/mol. The fourth-order valence-electron chi connectivity index (χ4n) is 3.40. The van der Waals surface area contributed by atoms with Crippen molar-refractivity contribution in [2.24, 2.45) is 0 Å². The average molecular weight is 408 g/mol. The molecule has 1 fully saturated rings. The second-order valence-electron chi connectivity index (χ2n) is 6.71. The summed E-state index contributed by atoms with van der Waals surface area (Å²) in [4.78, 5) is 26.4. The first-order chi connectivity index (χ1) is 13.4. The lowest BCUT2D eigenvalue weighted by Crippen LogP contribution is -2.49. The van der Waals surface area contributed by atoms with Crippen LogP contribution in [0.25, 0.3) is 11.4 Å². The molecule has 8 nitrogen and oxygen atoms in total. The average Bonchev–Trinajstić information content (AvgIpc) is 2.66. The standard InChI is InChI=1S/C17H19F2N6O2P/c1-8-6-25(3-2-20-8)11-5-9(18)4-10(23-11)13-12-14(15(19)28)27-17(26)24-16(12)22-7-21-13/h4-5,7-8,14-15,20H,2-3,6,28H2,1H3,(H,21,22,24,26)/t8-,14?,15?/m0/s1. The van der Waals surface area contributed by atoms with Crippen LogP contribution in [-0.4, -0.2) is 52.6 Å². The third-order valence-electron chi connectivity index (χ3n) is 4.62. The number of nitrogens with one attached hydrogen (secondary N) is 2. The second kappa shape index (κ2) is 7.52. The molecule has 28 heavy (non-hydrogen) atoms. The summed E-state index contributed by atoms with van der Waals surface area (Å²) in [5.74, 6) is -1.48. The minimum atomic E-state index is -1.59. The number of nitrogens with zero attached hydrogens (tertiary/aromatic N) is 4. The lowest BCUT2D eigenvalue weighted by molar-refractivity contribution is 0.0777. The van der Waals surface area contributed by atoms with E-state index in [4.69, 9.17) is 4.74 Å². The number of pyridine rings is 1. The van der Waals surface area contributed by atoms with Crippen LogP contribution in [0.4, 0.5) is 25.2 Å².